The van der Waals surface area contributed by atoms with Crippen molar-refractivity contribution in [3.05, 3.63) is 59.3 Å². The normalized spacial score (nSPS) is 18.0. The van der Waals surface area contributed by atoms with Gasteiger partial charge in [-0.15, -0.1) is 0 Å². The van der Waals surface area contributed by atoms with Crippen LogP contribution >= 0.6 is 0 Å². The molecule has 0 bridgehead atoms. The summed E-state index contributed by atoms with van der Waals surface area (Å²) in [5.74, 6) is -5.25. The zero-order valence-electron chi connectivity index (χ0n) is 23.3. The second-order valence-corrected chi connectivity index (χ2v) is 10.4. The molecule has 2 aromatic heterocycles. The Bertz CT molecular complexity index is 1410. The van der Waals surface area contributed by atoms with Crippen LogP contribution in [0.3, 0.4) is 0 Å². The van der Waals surface area contributed by atoms with Gasteiger partial charge in [0.25, 0.3) is 0 Å². The Morgan fingerprint density at radius 3 is 2.43 bits per heavy atom. The van der Waals surface area contributed by atoms with Gasteiger partial charge in [0.1, 0.15) is 11.1 Å². The predicted molar refractivity (Wildman–Crippen MR) is 142 cm³/mol. The van der Waals surface area contributed by atoms with Crippen LogP contribution in [0.1, 0.15) is 61.0 Å². The lowest BCUT2D eigenvalue weighted by atomic mass is 9.82. The second-order valence-electron chi connectivity index (χ2n) is 10.4. The first kappa shape index (κ1) is 30.9. The van der Waals surface area contributed by atoms with E-state index in [0.29, 0.717) is 18.8 Å². The Morgan fingerprint density at radius 1 is 1.17 bits per heavy atom. The third-order valence-corrected chi connectivity index (χ3v) is 7.22. The van der Waals surface area contributed by atoms with Crippen LogP contribution in [0.4, 0.5) is 23.2 Å². The van der Waals surface area contributed by atoms with Gasteiger partial charge < -0.3 is 19.5 Å². The maximum Gasteiger partial charge on any atom is 0.421 e. The number of rotatable bonds is 10. The van der Waals surface area contributed by atoms with Crippen LogP contribution in [-0.4, -0.2) is 56.7 Å². The van der Waals surface area contributed by atoms with Gasteiger partial charge in [0.2, 0.25) is 11.8 Å². The monoisotopic (exact) mass is 593 g/mol. The molecule has 0 saturated heterocycles. The summed E-state index contributed by atoms with van der Waals surface area (Å²) in [7, 11) is 1.42. The highest BCUT2D eigenvalue weighted by Crippen LogP contribution is 2.40. The van der Waals surface area contributed by atoms with Gasteiger partial charge in [0.05, 0.1) is 37.3 Å². The Hall–Kier alpha value is -4.07. The molecule has 1 aliphatic rings. The molecule has 226 valence electrons. The van der Waals surface area contributed by atoms with Crippen molar-refractivity contribution in [2.45, 2.75) is 58.3 Å². The fraction of sp³-hybridized carbons (Fsp3) is 0.464. The Labute approximate surface area is 239 Å². The summed E-state index contributed by atoms with van der Waals surface area (Å²) >= 11 is 0. The van der Waals surface area contributed by atoms with Gasteiger partial charge >= 0.3 is 12.1 Å². The van der Waals surface area contributed by atoms with Gasteiger partial charge in [0.15, 0.2) is 11.6 Å². The highest BCUT2D eigenvalue weighted by Gasteiger charge is 2.38. The first-order valence-corrected chi connectivity index (χ1v) is 13.4. The van der Waals surface area contributed by atoms with E-state index in [9.17, 15) is 27.9 Å². The van der Waals surface area contributed by atoms with E-state index in [-0.39, 0.29) is 30.3 Å². The highest BCUT2D eigenvalue weighted by molar-refractivity contribution is 6.03. The molecule has 1 saturated carbocycles. The van der Waals surface area contributed by atoms with Gasteiger partial charge in [-0.25, -0.2) is 14.2 Å². The SMILES string of the molecule is COC[C@H](C)N(C(=O)C1CCC(C)CC1)c1ccc(Oc2ncc(Cn3nccn3)cc2C(F)(F)F)c(F)c1C(=O)O. The van der Waals surface area contributed by atoms with Gasteiger partial charge in [0, 0.05) is 19.2 Å². The van der Waals surface area contributed by atoms with Gasteiger partial charge in [-0.3, -0.25) is 4.79 Å². The number of hydrogen-bond acceptors (Lipinski definition) is 7. The number of carbonyl (C=O) groups excluding carboxylic acids is 1. The maximum atomic E-state index is 15.8. The Balaban J connectivity index is 1.72. The number of carboxylic acid groups (broad SMARTS) is 1. The lowest BCUT2D eigenvalue weighted by molar-refractivity contribution is -0.139. The smallest absolute Gasteiger partial charge is 0.421 e. The summed E-state index contributed by atoms with van der Waals surface area (Å²) in [5.41, 5.74) is -2.36. The molecule has 2 heterocycles. The van der Waals surface area contributed by atoms with Gasteiger partial charge in [-0.1, -0.05) is 6.92 Å². The van der Waals surface area contributed by atoms with Crippen LogP contribution in [0.5, 0.6) is 11.6 Å². The number of aromatic nitrogens is 4. The van der Waals surface area contributed by atoms with Crippen molar-refractivity contribution in [3.8, 4) is 11.6 Å². The van der Waals surface area contributed by atoms with Crippen LogP contribution in [0, 0.1) is 17.7 Å². The largest absolute Gasteiger partial charge is 0.478 e. The average molecular weight is 594 g/mol. The maximum absolute atomic E-state index is 15.8. The molecule has 42 heavy (non-hydrogen) atoms. The number of anilines is 1. The number of halogens is 4. The van der Waals surface area contributed by atoms with E-state index in [2.05, 4.69) is 22.1 Å². The average Bonchev–Trinajstić information content (AvgIpc) is 3.44. The first-order chi connectivity index (χ1) is 19.9. The summed E-state index contributed by atoms with van der Waals surface area (Å²) in [6.07, 6.45) is 1.73. The van der Waals surface area contributed by atoms with E-state index in [4.69, 9.17) is 9.47 Å². The molecule has 1 amide bonds. The molecule has 1 N–H and O–H groups in total. The molecule has 1 fully saturated rings. The van der Waals surface area contributed by atoms with Crippen LogP contribution in [0.2, 0.25) is 0 Å². The van der Waals surface area contributed by atoms with Crippen LogP contribution in [0.25, 0.3) is 0 Å². The molecule has 0 aliphatic heterocycles. The molecule has 14 heteroatoms. The number of nitrogens with zero attached hydrogens (tertiary/aromatic N) is 5. The quantitative estimate of drug-likeness (QED) is 0.303. The third kappa shape index (κ3) is 6.86. The number of ether oxygens (including phenoxy) is 2. The second kappa shape index (κ2) is 12.8. The van der Waals surface area contributed by atoms with E-state index in [1.165, 1.54) is 24.4 Å². The van der Waals surface area contributed by atoms with Crippen molar-refractivity contribution in [2.24, 2.45) is 11.8 Å². The number of hydrogen-bond donors (Lipinski definition) is 1. The van der Waals surface area contributed by atoms with Crippen molar-refractivity contribution in [3.63, 3.8) is 0 Å². The number of amides is 1. The zero-order chi connectivity index (χ0) is 30.6. The third-order valence-electron chi connectivity index (χ3n) is 7.22. The summed E-state index contributed by atoms with van der Waals surface area (Å²) < 4.78 is 68.0. The number of carbonyl (C=O) groups is 2. The number of aromatic carboxylic acids is 1. The number of methoxy groups -OCH3 is 1. The molecular formula is C28H31F4N5O5. The summed E-state index contributed by atoms with van der Waals surface area (Å²) in [6.45, 7) is 3.65. The molecule has 10 nitrogen and oxygen atoms in total. The van der Waals surface area contributed by atoms with Crippen molar-refractivity contribution in [1.29, 1.82) is 0 Å². The fourth-order valence-corrected chi connectivity index (χ4v) is 5.08. The minimum atomic E-state index is -4.93. The van der Waals surface area contributed by atoms with Gasteiger partial charge in [-0.2, -0.15) is 28.2 Å². The molecule has 1 atom stereocenters. The topological polar surface area (TPSA) is 120 Å². The van der Waals surface area contributed by atoms with Crippen LogP contribution < -0.4 is 9.64 Å². The minimum absolute atomic E-state index is 0.0348. The zero-order valence-corrected chi connectivity index (χ0v) is 23.3. The summed E-state index contributed by atoms with van der Waals surface area (Å²) in [4.78, 5) is 32.1. The van der Waals surface area contributed by atoms with E-state index < -0.39 is 52.7 Å². The van der Waals surface area contributed by atoms with E-state index in [1.807, 2.05) is 0 Å². The van der Waals surface area contributed by atoms with Crippen molar-refractivity contribution in [2.75, 3.05) is 18.6 Å². The lowest BCUT2D eigenvalue weighted by Crippen LogP contribution is -2.46. The number of benzene rings is 1. The molecule has 1 aromatic carbocycles. The number of carboxylic acids is 1. The van der Waals surface area contributed by atoms with E-state index in [1.54, 1.807) is 6.92 Å². The fourth-order valence-electron chi connectivity index (χ4n) is 5.08. The van der Waals surface area contributed by atoms with Crippen molar-refractivity contribution < 1.29 is 41.7 Å². The predicted octanol–water partition coefficient (Wildman–Crippen LogP) is 5.56. The number of pyridine rings is 1. The molecule has 4 rings (SSSR count). The molecule has 3 aromatic rings. The lowest BCUT2D eigenvalue weighted by Gasteiger charge is -2.35. The number of alkyl halides is 3. The van der Waals surface area contributed by atoms with Crippen LogP contribution in [0.15, 0.2) is 36.8 Å². The van der Waals surface area contributed by atoms with E-state index >= 15 is 4.39 Å². The molecule has 0 unspecified atom stereocenters. The standard InChI is InChI=1S/C28H31F4N5O5/c1-16-4-6-19(7-5-16)26(38)37(17(2)15-41-3)21-8-9-22(24(29)23(21)27(39)40)42-25-20(28(30,31)32)12-18(13-33-25)14-36-34-10-11-35-36/h8-13,16-17,19H,4-7,14-15H2,1-3H3,(H,39,40)/t16?,17-,19?/m0/s1. The summed E-state index contributed by atoms with van der Waals surface area (Å²) in [6, 6.07) is 2.25. The minimum Gasteiger partial charge on any atom is -0.478 e. The van der Waals surface area contributed by atoms with Gasteiger partial charge in [-0.05, 0) is 62.3 Å². The molecule has 1 aliphatic carbocycles. The van der Waals surface area contributed by atoms with Crippen LogP contribution in [-0.2, 0) is 22.3 Å². The Kier molecular flexibility index (Phi) is 9.44. The molecule has 0 radical (unpaired) electrons. The van der Waals surface area contributed by atoms with Crippen molar-refractivity contribution in [1.82, 2.24) is 20.0 Å². The Morgan fingerprint density at radius 2 is 1.83 bits per heavy atom. The summed E-state index contributed by atoms with van der Waals surface area (Å²) in [5, 5.41) is 17.7. The first-order valence-electron chi connectivity index (χ1n) is 13.4. The van der Waals surface area contributed by atoms with Crippen molar-refractivity contribution >= 4 is 17.6 Å². The molecule has 0 spiro atoms. The highest BCUT2D eigenvalue weighted by atomic mass is 19.4. The van der Waals surface area contributed by atoms with E-state index in [0.717, 1.165) is 42.0 Å². The molecular weight excluding hydrogens is 562 g/mol.